The minimum atomic E-state index is 0.226. The highest BCUT2D eigenvalue weighted by atomic mass is 16.5. The lowest BCUT2D eigenvalue weighted by Crippen LogP contribution is -2.27. The summed E-state index contributed by atoms with van der Waals surface area (Å²) in [5, 5.41) is 3.47. The quantitative estimate of drug-likeness (QED) is 0.884. The highest BCUT2D eigenvalue weighted by molar-refractivity contribution is 5.42. The van der Waals surface area contributed by atoms with E-state index in [1.807, 2.05) is 6.07 Å². The van der Waals surface area contributed by atoms with E-state index in [0.717, 1.165) is 69.9 Å². The summed E-state index contributed by atoms with van der Waals surface area (Å²) in [5.41, 5.74) is 0. The number of fused-ring (bicyclic) bond motifs is 1. The van der Waals surface area contributed by atoms with E-state index in [1.165, 1.54) is 0 Å². The Morgan fingerprint density at radius 2 is 1.90 bits per heavy atom. The van der Waals surface area contributed by atoms with E-state index in [9.17, 15) is 0 Å². The topological polar surface area (TPSA) is 59.5 Å². The molecule has 3 saturated heterocycles. The number of aromatic nitrogens is 2. The first kappa shape index (κ1) is 13.3. The Kier molecular flexibility index (Phi) is 3.65. The van der Waals surface area contributed by atoms with Crippen molar-refractivity contribution in [1.82, 2.24) is 15.3 Å². The fourth-order valence-corrected chi connectivity index (χ4v) is 3.57. The van der Waals surface area contributed by atoms with Crippen LogP contribution in [-0.2, 0) is 4.74 Å². The van der Waals surface area contributed by atoms with Gasteiger partial charge in [0.05, 0.1) is 13.2 Å². The van der Waals surface area contributed by atoms with Crippen LogP contribution in [0, 0.1) is 11.8 Å². The van der Waals surface area contributed by atoms with Crippen LogP contribution in [0.5, 0.6) is 5.88 Å². The molecule has 21 heavy (non-hydrogen) atoms. The molecule has 0 aromatic carbocycles. The Hall–Kier alpha value is -1.40. The highest BCUT2D eigenvalue weighted by Crippen LogP contribution is 2.30. The monoisotopic (exact) mass is 290 g/mol. The second-order valence-corrected chi connectivity index (χ2v) is 6.23. The van der Waals surface area contributed by atoms with Crippen molar-refractivity contribution in [2.45, 2.75) is 18.9 Å². The van der Waals surface area contributed by atoms with E-state index in [1.54, 1.807) is 6.33 Å². The van der Waals surface area contributed by atoms with Gasteiger partial charge >= 0.3 is 0 Å². The zero-order valence-electron chi connectivity index (χ0n) is 12.2. The molecule has 0 bridgehead atoms. The molecule has 2 atom stereocenters. The molecule has 3 aliphatic heterocycles. The molecule has 114 valence electrons. The average molecular weight is 290 g/mol. The van der Waals surface area contributed by atoms with Crippen molar-refractivity contribution in [3.63, 3.8) is 0 Å². The SMILES string of the molecule is c1nc(OC2CCOCC2)cc(N2CC3CNCC3C2)n1. The smallest absolute Gasteiger partial charge is 0.218 e. The van der Waals surface area contributed by atoms with Gasteiger partial charge in [-0.05, 0) is 11.8 Å². The summed E-state index contributed by atoms with van der Waals surface area (Å²) in [5.74, 6) is 3.23. The normalized spacial score (nSPS) is 29.6. The number of nitrogens with zero attached hydrogens (tertiary/aromatic N) is 3. The maximum absolute atomic E-state index is 5.98. The Balaban J connectivity index is 1.43. The molecule has 4 heterocycles. The first-order chi connectivity index (χ1) is 10.4. The van der Waals surface area contributed by atoms with Crippen LogP contribution in [0.3, 0.4) is 0 Å². The zero-order valence-corrected chi connectivity index (χ0v) is 12.2. The standard InChI is InChI=1S/C15H22N4O2/c1-3-20-4-2-13(1)21-15-5-14(17-10-18-15)19-8-11-6-16-7-12(11)9-19/h5,10-13,16H,1-4,6-9H2. The maximum Gasteiger partial charge on any atom is 0.218 e. The van der Waals surface area contributed by atoms with Crippen molar-refractivity contribution in [2.24, 2.45) is 11.8 Å². The Labute approximate surface area is 124 Å². The predicted octanol–water partition coefficient (Wildman–Crippen LogP) is 0.690. The fraction of sp³-hybridized carbons (Fsp3) is 0.733. The Bertz CT molecular complexity index is 480. The minimum absolute atomic E-state index is 0.226. The van der Waals surface area contributed by atoms with Crippen LogP contribution >= 0.6 is 0 Å². The lowest BCUT2D eigenvalue weighted by atomic mass is 10.0. The van der Waals surface area contributed by atoms with Crippen LogP contribution in [0.4, 0.5) is 5.82 Å². The number of hydrogen-bond donors (Lipinski definition) is 1. The third-order valence-electron chi connectivity index (χ3n) is 4.80. The molecule has 4 rings (SSSR count). The highest BCUT2D eigenvalue weighted by Gasteiger charge is 2.36. The summed E-state index contributed by atoms with van der Waals surface area (Å²) in [7, 11) is 0. The van der Waals surface area contributed by atoms with Gasteiger partial charge in [-0.25, -0.2) is 9.97 Å². The van der Waals surface area contributed by atoms with Crippen LogP contribution < -0.4 is 15.0 Å². The number of anilines is 1. The molecule has 6 heteroatoms. The molecule has 0 saturated carbocycles. The third-order valence-corrected chi connectivity index (χ3v) is 4.80. The van der Waals surface area contributed by atoms with Gasteiger partial charge in [0.1, 0.15) is 18.2 Å². The number of ether oxygens (including phenoxy) is 2. The molecule has 1 aromatic rings. The van der Waals surface area contributed by atoms with E-state index in [2.05, 4.69) is 20.2 Å². The average Bonchev–Trinajstić information content (AvgIpc) is 3.10. The van der Waals surface area contributed by atoms with Gasteiger partial charge in [-0.2, -0.15) is 0 Å². The van der Waals surface area contributed by atoms with Gasteiger partial charge in [-0.15, -0.1) is 0 Å². The van der Waals surface area contributed by atoms with E-state index >= 15 is 0 Å². The van der Waals surface area contributed by atoms with Gasteiger partial charge in [0.2, 0.25) is 5.88 Å². The van der Waals surface area contributed by atoms with Crippen molar-refractivity contribution in [3.8, 4) is 5.88 Å². The molecule has 1 N–H and O–H groups in total. The summed E-state index contributed by atoms with van der Waals surface area (Å²) < 4.78 is 11.3. The van der Waals surface area contributed by atoms with Crippen LogP contribution in [0.2, 0.25) is 0 Å². The molecule has 0 spiro atoms. The maximum atomic E-state index is 5.98. The van der Waals surface area contributed by atoms with Gasteiger partial charge in [-0.1, -0.05) is 0 Å². The molecule has 3 fully saturated rings. The fourth-order valence-electron chi connectivity index (χ4n) is 3.57. The van der Waals surface area contributed by atoms with Crippen LogP contribution in [0.1, 0.15) is 12.8 Å². The van der Waals surface area contributed by atoms with Gasteiger partial charge in [-0.3, -0.25) is 0 Å². The first-order valence-corrected chi connectivity index (χ1v) is 7.90. The Morgan fingerprint density at radius 3 is 2.67 bits per heavy atom. The lowest BCUT2D eigenvalue weighted by molar-refractivity contribution is 0.0237. The first-order valence-electron chi connectivity index (χ1n) is 7.90. The summed E-state index contributed by atoms with van der Waals surface area (Å²) in [6.07, 6.45) is 3.73. The van der Waals surface area contributed by atoms with Gasteiger partial charge in [0.25, 0.3) is 0 Å². The molecule has 2 unspecified atom stereocenters. The van der Waals surface area contributed by atoms with Crippen molar-refractivity contribution in [2.75, 3.05) is 44.3 Å². The van der Waals surface area contributed by atoms with Gasteiger partial charge in [0, 0.05) is 45.1 Å². The summed E-state index contributed by atoms with van der Waals surface area (Å²) in [4.78, 5) is 11.1. The van der Waals surface area contributed by atoms with Gasteiger partial charge < -0.3 is 19.7 Å². The number of nitrogens with one attached hydrogen (secondary N) is 1. The van der Waals surface area contributed by atoms with Crippen molar-refractivity contribution < 1.29 is 9.47 Å². The largest absolute Gasteiger partial charge is 0.474 e. The summed E-state index contributed by atoms with van der Waals surface area (Å²) in [6.45, 7) is 6.02. The second-order valence-electron chi connectivity index (χ2n) is 6.23. The summed E-state index contributed by atoms with van der Waals surface area (Å²) in [6, 6.07) is 1.99. The van der Waals surface area contributed by atoms with Crippen LogP contribution in [-0.4, -0.2) is 55.5 Å². The lowest BCUT2D eigenvalue weighted by Gasteiger charge is -2.23. The number of hydrogen-bond acceptors (Lipinski definition) is 6. The van der Waals surface area contributed by atoms with Crippen LogP contribution in [0.15, 0.2) is 12.4 Å². The third kappa shape index (κ3) is 2.82. The van der Waals surface area contributed by atoms with E-state index in [0.29, 0.717) is 5.88 Å². The molecular formula is C15H22N4O2. The number of rotatable bonds is 3. The Morgan fingerprint density at radius 1 is 1.14 bits per heavy atom. The molecule has 1 aromatic heterocycles. The van der Waals surface area contributed by atoms with Crippen molar-refractivity contribution in [3.05, 3.63) is 12.4 Å². The molecule has 6 nitrogen and oxygen atoms in total. The zero-order chi connectivity index (χ0) is 14.1. The second kappa shape index (κ2) is 5.77. The molecule has 0 aliphatic carbocycles. The predicted molar refractivity (Wildman–Crippen MR) is 78.6 cm³/mol. The molecule has 0 amide bonds. The van der Waals surface area contributed by atoms with E-state index in [4.69, 9.17) is 9.47 Å². The molecular weight excluding hydrogens is 268 g/mol. The van der Waals surface area contributed by atoms with Crippen LogP contribution in [0.25, 0.3) is 0 Å². The van der Waals surface area contributed by atoms with E-state index < -0.39 is 0 Å². The summed E-state index contributed by atoms with van der Waals surface area (Å²) >= 11 is 0. The van der Waals surface area contributed by atoms with Crippen molar-refractivity contribution >= 4 is 5.82 Å². The van der Waals surface area contributed by atoms with Crippen molar-refractivity contribution in [1.29, 1.82) is 0 Å². The van der Waals surface area contributed by atoms with E-state index in [-0.39, 0.29) is 6.10 Å². The molecule has 0 radical (unpaired) electrons. The van der Waals surface area contributed by atoms with Gasteiger partial charge in [0.15, 0.2) is 0 Å². The molecule has 3 aliphatic rings. The minimum Gasteiger partial charge on any atom is -0.474 e.